The number of piperidine rings is 1. The van der Waals surface area contributed by atoms with Gasteiger partial charge < -0.3 is 15.0 Å². The lowest BCUT2D eigenvalue weighted by molar-refractivity contribution is -0.125. The van der Waals surface area contributed by atoms with Crippen molar-refractivity contribution in [2.24, 2.45) is 13.0 Å². The van der Waals surface area contributed by atoms with Gasteiger partial charge in [-0.05, 0) is 26.2 Å². The molecular formula is C17H28N4O4. The zero-order chi connectivity index (χ0) is 18.4. The number of hydrogen-bond acceptors (Lipinski definition) is 5. The zero-order valence-electron chi connectivity index (χ0n) is 15.3. The minimum Gasteiger partial charge on any atom is -0.385 e. The van der Waals surface area contributed by atoms with E-state index in [0.29, 0.717) is 32.1 Å². The first kappa shape index (κ1) is 19.2. The molecule has 0 aliphatic carbocycles. The van der Waals surface area contributed by atoms with Crippen LogP contribution in [0.2, 0.25) is 0 Å². The van der Waals surface area contributed by atoms with Gasteiger partial charge in [0, 0.05) is 53.0 Å². The number of hydrogen-bond donors (Lipinski definition) is 1. The summed E-state index contributed by atoms with van der Waals surface area (Å²) in [6, 6.07) is 1.49. The molecule has 1 unspecified atom stereocenters. The maximum atomic E-state index is 12.4. The summed E-state index contributed by atoms with van der Waals surface area (Å²) in [6.07, 6.45) is 2.44. The first-order valence-corrected chi connectivity index (χ1v) is 8.82. The third-order valence-corrected chi connectivity index (χ3v) is 4.63. The average molecular weight is 352 g/mol. The second-order valence-electron chi connectivity index (χ2n) is 6.35. The van der Waals surface area contributed by atoms with E-state index < -0.39 is 0 Å². The minimum atomic E-state index is -0.323. The number of nitrogens with one attached hydrogen (secondary N) is 1. The molecule has 0 saturated carbocycles. The molecule has 1 amide bonds. The summed E-state index contributed by atoms with van der Waals surface area (Å²) in [5, 5.41) is 2.94. The standard InChI is InChI=1S/C17H28N4O4/c1-4-21-14(11-15(22)19(2)17(21)24)20-9-5-7-13(12-20)16(23)18-8-6-10-25-3/h11,13H,4-10,12H2,1-3H3,(H,18,23). The van der Waals surface area contributed by atoms with Crippen molar-refractivity contribution in [1.82, 2.24) is 14.5 Å². The molecule has 1 aliphatic rings. The number of rotatable bonds is 7. The maximum Gasteiger partial charge on any atom is 0.332 e. The van der Waals surface area contributed by atoms with E-state index in [-0.39, 0.29) is 23.1 Å². The molecule has 1 aromatic heterocycles. The van der Waals surface area contributed by atoms with Crippen molar-refractivity contribution in [3.05, 3.63) is 26.9 Å². The van der Waals surface area contributed by atoms with Gasteiger partial charge in [0.05, 0.1) is 5.92 Å². The Morgan fingerprint density at radius 1 is 1.40 bits per heavy atom. The van der Waals surface area contributed by atoms with Crippen LogP contribution in [0, 0.1) is 5.92 Å². The lowest BCUT2D eigenvalue weighted by Crippen LogP contribution is -2.47. The Morgan fingerprint density at radius 2 is 2.16 bits per heavy atom. The summed E-state index contributed by atoms with van der Waals surface area (Å²) < 4.78 is 7.67. The Morgan fingerprint density at radius 3 is 2.84 bits per heavy atom. The molecule has 1 aromatic rings. The topological polar surface area (TPSA) is 85.6 Å². The highest BCUT2D eigenvalue weighted by atomic mass is 16.5. The molecule has 0 spiro atoms. The van der Waals surface area contributed by atoms with Crippen molar-refractivity contribution < 1.29 is 9.53 Å². The smallest absolute Gasteiger partial charge is 0.332 e. The first-order valence-electron chi connectivity index (χ1n) is 8.82. The van der Waals surface area contributed by atoms with Crippen LogP contribution in [0.15, 0.2) is 15.7 Å². The van der Waals surface area contributed by atoms with Crippen molar-refractivity contribution in [3.8, 4) is 0 Å². The fraction of sp³-hybridized carbons (Fsp3) is 0.706. The summed E-state index contributed by atoms with van der Waals surface area (Å²) in [4.78, 5) is 38.7. The van der Waals surface area contributed by atoms with Gasteiger partial charge >= 0.3 is 5.69 Å². The van der Waals surface area contributed by atoms with Crippen LogP contribution in [0.25, 0.3) is 0 Å². The number of methoxy groups -OCH3 is 1. The van der Waals surface area contributed by atoms with Crippen LogP contribution in [0.4, 0.5) is 5.82 Å². The quantitative estimate of drug-likeness (QED) is 0.695. The van der Waals surface area contributed by atoms with Crippen LogP contribution < -0.4 is 21.5 Å². The highest BCUT2D eigenvalue weighted by molar-refractivity contribution is 5.79. The van der Waals surface area contributed by atoms with Gasteiger partial charge in [0.25, 0.3) is 5.56 Å². The molecule has 140 valence electrons. The van der Waals surface area contributed by atoms with Crippen molar-refractivity contribution in [1.29, 1.82) is 0 Å². The van der Waals surface area contributed by atoms with Crippen LogP contribution in [0.1, 0.15) is 26.2 Å². The monoisotopic (exact) mass is 352 g/mol. The van der Waals surface area contributed by atoms with Crippen LogP contribution >= 0.6 is 0 Å². The maximum absolute atomic E-state index is 12.4. The lowest BCUT2D eigenvalue weighted by atomic mass is 9.97. The number of ether oxygens (including phenoxy) is 1. The first-order chi connectivity index (χ1) is 12.0. The van der Waals surface area contributed by atoms with E-state index in [1.165, 1.54) is 13.1 Å². The van der Waals surface area contributed by atoms with Crippen molar-refractivity contribution in [2.45, 2.75) is 32.7 Å². The number of carbonyl (C=O) groups excluding carboxylic acids is 1. The third-order valence-electron chi connectivity index (χ3n) is 4.63. The predicted octanol–water partition coefficient (Wildman–Crippen LogP) is -0.0640. The van der Waals surface area contributed by atoms with Gasteiger partial charge in [-0.15, -0.1) is 0 Å². The number of anilines is 1. The molecule has 1 atom stereocenters. The molecule has 0 bridgehead atoms. The summed E-state index contributed by atoms with van der Waals surface area (Å²) >= 11 is 0. The van der Waals surface area contributed by atoms with Gasteiger partial charge in [0.1, 0.15) is 5.82 Å². The molecule has 1 aliphatic heterocycles. The van der Waals surface area contributed by atoms with Gasteiger partial charge in [0.15, 0.2) is 0 Å². The molecule has 25 heavy (non-hydrogen) atoms. The van der Waals surface area contributed by atoms with Gasteiger partial charge in [-0.1, -0.05) is 0 Å². The highest BCUT2D eigenvalue weighted by Crippen LogP contribution is 2.21. The number of aromatic nitrogens is 2. The predicted molar refractivity (Wildman–Crippen MR) is 96.1 cm³/mol. The molecule has 1 fully saturated rings. The molecule has 1 N–H and O–H groups in total. The van der Waals surface area contributed by atoms with Crippen LogP contribution in [-0.2, 0) is 23.1 Å². The lowest BCUT2D eigenvalue weighted by Gasteiger charge is -2.34. The van der Waals surface area contributed by atoms with E-state index in [2.05, 4.69) is 5.32 Å². The third kappa shape index (κ3) is 4.50. The van der Waals surface area contributed by atoms with E-state index in [4.69, 9.17) is 4.74 Å². The van der Waals surface area contributed by atoms with E-state index in [0.717, 1.165) is 30.4 Å². The van der Waals surface area contributed by atoms with Crippen molar-refractivity contribution in [3.63, 3.8) is 0 Å². The molecule has 0 aromatic carbocycles. The molecule has 1 saturated heterocycles. The number of carbonyl (C=O) groups is 1. The van der Waals surface area contributed by atoms with Gasteiger partial charge in [0.2, 0.25) is 5.91 Å². The van der Waals surface area contributed by atoms with Crippen LogP contribution in [0.3, 0.4) is 0 Å². The summed E-state index contributed by atoms with van der Waals surface area (Å²) in [6.45, 7) is 4.82. The van der Waals surface area contributed by atoms with E-state index in [1.54, 1.807) is 11.7 Å². The Labute approximate surface area is 147 Å². The van der Waals surface area contributed by atoms with E-state index in [1.807, 2.05) is 11.8 Å². The second kappa shape index (κ2) is 8.84. The SMILES string of the molecule is CCn1c(N2CCCC(C(=O)NCCCOC)C2)cc(=O)n(C)c1=O. The average Bonchev–Trinajstić information content (AvgIpc) is 2.63. The Hall–Kier alpha value is -2.09. The Kier molecular flexibility index (Phi) is 6.81. The summed E-state index contributed by atoms with van der Waals surface area (Å²) in [5.74, 6) is 0.489. The summed E-state index contributed by atoms with van der Waals surface area (Å²) in [5.41, 5.74) is -0.646. The van der Waals surface area contributed by atoms with E-state index >= 15 is 0 Å². The Balaban J connectivity index is 2.12. The van der Waals surface area contributed by atoms with Crippen molar-refractivity contribution in [2.75, 3.05) is 38.3 Å². The summed E-state index contributed by atoms with van der Waals surface area (Å²) in [7, 11) is 3.12. The second-order valence-corrected chi connectivity index (χ2v) is 6.35. The molecular weight excluding hydrogens is 324 g/mol. The van der Waals surface area contributed by atoms with Gasteiger partial charge in [-0.3, -0.25) is 18.7 Å². The van der Waals surface area contributed by atoms with Gasteiger partial charge in [-0.2, -0.15) is 0 Å². The van der Waals surface area contributed by atoms with E-state index in [9.17, 15) is 14.4 Å². The zero-order valence-corrected chi connectivity index (χ0v) is 15.3. The van der Waals surface area contributed by atoms with Crippen LogP contribution in [0.5, 0.6) is 0 Å². The number of amides is 1. The fourth-order valence-corrected chi connectivity index (χ4v) is 3.19. The van der Waals surface area contributed by atoms with Gasteiger partial charge in [-0.25, -0.2) is 4.79 Å². The molecule has 2 heterocycles. The minimum absolute atomic E-state index is 0.0232. The largest absolute Gasteiger partial charge is 0.385 e. The fourth-order valence-electron chi connectivity index (χ4n) is 3.19. The highest BCUT2D eigenvalue weighted by Gasteiger charge is 2.27. The molecule has 2 rings (SSSR count). The number of nitrogens with zero attached hydrogens (tertiary/aromatic N) is 3. The molecule has 8 nitrogen and oxygen atoms in total. The Bertz CT molecular complexity index is 710. The molecule has 0 radical (unpaired) electrons. The van der Waals surface area contributed by atoms with Crippen molar-refractivity contribution >= 4 is 11.7 Å². The normalized spacial score (nSPS) is 17.6. The molecule has 8 heteroatoms. The van der Waals surface area contributed by atoms with Crippen LogP contribution in [-0.4, -0.2) is 48.4 Å².